The minimum absolute atomic E-state index is 0.0941. The molecule has 0 atom stereocenters. The summed E-state index contributed by atoms with van der Waals surface area (Å²) in [5.74, 6) is 0.722. The van der Waals surface area contributed by atoms with Crippen molar-refractivity contribution in [3.63, 3.8) is 0 Å². The molecule has 5 nitrogen and oxygen atoms in total. The highest BCUT2D eigenvalue weighted by Gasteiger charge is 2.18. The summed E-state index contributed by atoms with van der Waals surface area (Å²) in [6.07, 6.45) is 6.20. The van der Waals surface area contributed by atoms with Crippen molar-refractivity contribution in [3.8, 4) is 5.75 Å². The summed E-state index contributed by atoms with van der Waals surface area (Å²) in [6, 6.07) is 21.8. The molecular formula is C24H25N3O2. The molecule has 1 amide bonds. The Morgan fingerprint density at radius 2 is 1.66 bits per heavy atom. The Labute approximate surface area is 171 Å². The van der Waals surface area contributed by atoms with Crippen LogP contribution in [0.4, 0.5) is 11.4 Å². The van der Waals surface area contributed by atoms with Crippen molar-refractivity contribution in [2.24, 2.45) is 0 Å². The van der Waals surface area contributed by atoms with Crippen LogP contribution in [0, 0.1) is 0 Å². The number of hydrogen-bond donors (Lipinski definition) is 2. The maximum absolute atomic E-state index is 12.3. The van der Waals surface area contributed by atoms with Gasteiger partial charge in [0.2, 0.25) is 0 Å². The first-order valence-corrected chi connectivity index (χ1v) is 10.1. The molecule has 1 fully saturated rings. The summed E-state index contributed by atoms with van der Waals surface area (Å²) in [7, 11) is 0. The number of aromatic nitrogens is 1. The fourth-order valence-corrected chi connectivity index (χ4v) is 3.47. The van der Waals surface area contributed by atoms with Crippen molar-refractivity contribution in [2.45, 2.75) is 38.3 Å². The van der Waals surface area contributed by atoms with Crippen LogP contribution in [0.15, 0.2) is 72.9 Å². The third-order valence-corrected chi connectivity index (χ3v) is 5.08. The second-order valence-corrected chi connectivity index (χ2v) is 7.31. The van der Waals surface area contributed by atoms with E-state index in [2.05, 4.69) is 15.6 Å². The predicted octanol–water partition coefficient (Wildman–Crippen LogP) is 5.08. The summed E-state index contributed by atoms with van der Waals surface area (Å²) in [4.78, 5) is 16.6. The summed E-state index contributed by atoms with van der Waals surface area (Å²) in [5, 5.41) is 6.35. The Morgan fingerprint density at radius 1 is 0.931 bits per heavy atom. The lowest BCUT2D eigenvalue weighted by Gasteiger charge is -2.12. The number of benzene rings is 2. The molecule has 1 aromatic heterocycles. The van der Waals surface area contributed by atoms with E-state index >= 15 is 0 Å². The van der Waals surface area contributed by atoms with E-state index in [4.69, 9.17) is 4.74 Å². The average Bonchev–Trinajstić information content (AvgIpc) is 3.27. The van der Waals surface area contributed by atoms with Gasteiger partial charge in [-0.05, 0) is 54.8 Å². The van der Waals surface area contributed by atoms with Crippen LogP contribution in [0.3, 0.4) is 0 Å². The van der Waals surface area contributed by atoms with Gasteiger partial charge in [0.1, 0.15) is 18.1 Å². The van der Waals surface area contributed by atoms with Crippen LogP contribution in [-0.2, 0) is 6.61 Å². The molecule has 0 bridgehead atoms. The second kappa shape index (κ2) is 9.24. The Kier molecular flexibility index (Phi) is 6.05. The summed E-state index contributed by atoms with van der Waals surface area (Å²) < 4.78 is 5.81. The molecule has 3 aromatic rings. The third-order valence-electron chi connectivity index (χ3n) is 5.08. The number of ether oxygens (including phenoxy) is 1. The molecule has 2 aromatic carbocycles. The van der Waals surface area contributed by atoms with Gasteiger partial charge in [-0.15, -0.1) is 0 Å². The predicted molar refractivity (Wildman–Crippen MR) is 114 cm³/mol. The van der Waals surface area contributed by atoms with Gasteiger partial charge in [0.15, 0.2) is 0 Å². The van der Waals surface area contributed by atoms with E-state index in [-0.39, 0.29) is 5.91 Å². The van der Waals surface area contributed by atoms with E-state index in [1.807, 2.05) is 60.7 Å². The number of rotatable bonds is 7. The average molecular weight is 387 g/mol. The van der Waals surface area contributed by atoms with Crippen LogP contribution in [0.5, 0.6) is 5.75 Å². The van der Waals surface area contributed by atoms with Crippen LogP contribution in [0.25, 0.3) is 0 Å². The van der Waals surface area contributed by atoms with Gasteiger partial charge in [-0.2, -0.15) is 0 Å². The number of nitrogens with zero attached hydrogens (tertiary/aromatic N) is 1. The lowest BCUT2D eigenvalue weighted by atomic mass is 10.2. The van der Waals surface area contributed by atoms with Crippen molar-refractivity contribution in [2.75, 3.05) is 5.32 Å². The van der Waals surface area contributed by atoms with Gasteiger partial charge >= 0.3 is 0 Å². The first kappa shape index (κ1) is 19.0. The minimum Gasteiger partial charge on any atom is -0.489 e. The number of pyridine rings is 1. The SMILES string of the molecule is O=C(NC1CCCC1)c1ccc(Nc2ccc(OCc3ccccc3)cc2)cn1. The number of nitrogens with one attached hydrogen (secondary N) is 2. The van der Waals surface area contributed by atoms with E-state index in [0.717, 1.165) is 35.5 Å². The molecule has 0 unspecified atom stereocenters. The standard InChI is InChI=1S/C24H25N3O2/c28-24(27-19-8-4-5-9-19)23-15-12-21(16-25-23)26-20-10-13-22(14-11-20)29-17-18-6-2-1-3-7-18/h1-3,6-7,10-16,19,26H,4-5,8-9,17H2,(H,27,28). The quantitative estimate of drug-likeness (QED) is 0.594. The summed E-state index contributed by atoms with van der Waals surface area (Å²) >= 11 is 0. The maximum Gasteiger partial charge on any atom is 0.270 e. The molecule has 1 heterocycles. The summed E-state index contributed by atoms with van der Waals surface area (Å²) in [5.41, 5.74) is 3.35. The molecule has 0 radical (unpaired) electrons. The number of carbonyl (C=O) groups excluding carboxylic acids is 1. The van der Waals surface area contributed by atoms with E-state index in [1.165, 1.54) is 12.8 Å². The molecule has 1 aliphatic rings. The Bertz CT molecular complexity index is 919. The molecule has 2 N–H and O–H groups in total. The number of anilines is 2. The molecule has 5 heteroatoms. The van der Waals surface area contributed by atoms with Crippen LogP contribution in [0.1, 0.15) is 41.7 Å². The highest BCUT2D eigenvalue weighted by atomic mass is 16.5. The minimum atomic E-state index is -0.0941. The van der Waals surface area contributed by atoms with Gasteiger partial charge in [0.05, 0.1) is 11.9 Å². The highest BCUT2D eigenvalue weighted by molar-refractivity contribution is 5.92. The first-order valence-electron chi connectivity index (χ1n) is 10.1. The van der Waals surface area contributed by atoms with Crippen molar-refractivity contribution >= 4 is 17.3 Å². The molecule has 0 spiro atoms. The molecular weight excluding hydrogens is 362 g/mol. The van der Waals surface area contributed by atoms with E-state index < -0.39 is 0 Å². The first-order chi connectivity index (χ1) is 14.3. The Balaban J connectivity index is 1.30. The van der Waals surface area contributed by atoms with Gasteiger partial charge in [0, 0.05) is 11.7 Å². The smallest absolute Gasteiger partial charge is 0.270 e. The monoisotopic (exact) mass is 387 g/mol. The number of hydrogen-bond acceptors (Lipinski definition) is 4. The van der Waals surface area contributed by atoms with Crippen LogP contribution in [0.2, 0.25) is 0 Å². The van der Waals surface area contributed by atoms with Crippen molar-refractivity contribution in [1.82, 2.24) is 10.3 Å². The van der Waals surface area contributed by atoms with Gasteiger partial charge in [-0.3, -0.25) is 4.79 Å². The number of carbonyl (C=O) groups is 1. The van der Waals surface area contributed by atoms with Crippen molar-refractivity contribution in [1.29, 1.82) is 0 Å². The van der Waals surface area contributed by atoms with Gasteiger partial charge in [-0.25, -0.2) is 4.98 Å². The molecule has 1 saturated carbocycles. The Morgan fingerprint density at radius 3 is 2.34 bits per heavy atom. The fraction of sp³-hybridized carbons (Fsp3) is 0.250. The topological polar surface area (TPSA) is 63.2 Å². The van der Waals surface area contributed by atoms with Crippen LogP contribution in [-0.4, -0.2) is 16.9 Å². The fourth-order valence-electron chi connectivity index (χ4n) is 3.47. The van der Waals surface area contributed by atoms with Crippen molar-refractivity contribution in [3.05, 3.63) is 84.2 Å². The lowest BCUT2D eigenvalue weighted by Crippen LogP contribution is -2.33. The van der Waals surface area contributed by atoms with E-state index in [0.29, 0.717) is 18.3 Å². The van der Waals surface area contributed by atoms with E-state index in [9.17, 15) is 4.79 Å². The Hall–Kier alpha value is -3.34. The highest BCUT2D eigenvalue weighted by Crippen LogP contribution is 2.21. The lowest BCUT2D eigenvalue weighted by molar-refractivity contribution is 0.0933. The zero-order valence-electron chi connectivity index (χ0n) is 16.3. The largest absolute Gasteiger partial charge is 0.489 e. The number of amides is 1. The zero-order valence-corrected chi connectivity index (χ0v) is 16.3. The van der Waals surface area contributed by atoms with Crippen LogP contribution < -0.4 is 15.4 Å². The van der Waals surface area contributed by atoms with Crippen LogP contribution >= 0.6 is 0 Å². The van der Waals surface area contributed by atoms with Gasteiger partial charge < -0.3 is 15.4 Å². The molecule has 0 saturated heterocycles. The molecule has 1 aliphatic carbocycles. The second-order valence-electron chi connectivity index (χ2n) is 7.31. The van der Waals surface area contributed by atoms with Gasteiger partial charge in [-0.1, -0.05) is 43.2 Å². The maximum atomic E-state index is 12.3. The summed E-state index contributed by atoms with van der Waals surface area (Å²) in [6.45, 7) is 0.544. The molecule has 29 heavy (non-hydrogen) atoms. The normalized spacial score (nSPS) is 13.8. The van der Waals surface area contributed by atoms with Gasteiger partial charge in [0.25, 0.3) is 5.91 Å². The van der Waals surface area contributed by atoms with Crippen molar-refractivity contribution < 1.29 is 9.53 Å². The molecule has 0 aliphatic heterocycles. The van der Waals surface area contributed by atoms with E-state index in [1.54, 1.807) is 12.3 Å². The zero-order chi connectivity index (χ0) is 19.9. The molecule has 4 rings (SSSR count). The molecule has 148 valence electrons. The third kappa shape index (κ3) is 5.35.